The third-order valence-corrected chi connectivity index (χ3v) is 3.72. The largest absolute Gasteiger partial charge is 0.381 e. The van der Waals surface area contributed by atoms with E-state index in [1.807, 2.05) is 6.07 Å². The lowest BCUT2D eigenvalue weighted by molar-refractivity contribution is 0.0412. The Hall–Kier alpha value is -2.76. The molecule has 4 aromatic rings. The van der Waals surface area contributed by atoms with Crippen LogP contribution in [0.1, 0.15) is 10.4 Å². The van der Waals surface area contributed by atoms with Gasteiger partial charge in [0.15, 0.2) is 17.0 Å². The predicted molar refractivity (Wildman–Crippen MR) is 88.6 cm³/mol. The minimum absolute atomic E-state index is 0.0360. The van der Waals surface area contributed by atoms with E-state index >= 15 is 0 Å². The van der Waals surface area contributed by atoms with Gasteiger partial charge in [0.1, 0.15) is 11.0 Å². The van der Waals surface area contributed by atoms with E-state index in [0.29, 0.717) is 16.7 Å². The lowest BCUT2D eigenvalue weighted by atomic mass is 10.3. The van der Waals surface area contributed by atoms with E-state index < -0.39 is 5.97 Å². The molecule has 23 heavy (non-hydrogen) atoms. The molecule has 2 N–H and O–H groups in total. The lowest BCUT2D eigenvalue weighted by Gasteiger charge is -2.02. The van der Waals surface area contributed by atoms with Gasteiger partial charge >= 0.3 is 5.97 Å². The molecular weight excluding hydrogens is 413 g/mol. The van der Waals surface area contributed by atoms with Crippen LogP contribution < -0.4 is 10.6 Å². The summed E-state index contributed by atoms with van der Waals surface area (Å²) in [6.07, 6.45) is 3.32. The van der Waals surface area contributed by atoms with Gasteiger partial charge in [0.2, 0.25) is 0 Å². The van der Waals surface area contributed by atoms with E-state index in [0.717, 1.165) is 8.42 Å². The number of hydrogen-bond donors (Lipinski definition) is 1. The summed E-state index contributed by atoms with van der Waals surface area (Å²) in [6, 6.07) is 7.11. The van der Waals surface area contributed by atoms with E-state index in [1.54, 1.807) is 30.6 Å². The molecule has 0 amide bonds. The fraction of sp³-hybridized carbons (Fsp3) is 0. The summed E-state index contributed by atoms with van der Waals surface area (Å²) in [4.78, 5) is 22.9. The molecule has 3 heterocycles. The molecule has 1 aromatic carbocycles. The van der Waals surface area contributed by atoms with E-state index in [1.165, 1.54) is 4.52 Å². The Kier molecular flexibility index (Phi) is 3.11. The summed E-state index contributed by atoms with van der Waals surface area (Å²) in [5.41, 5.74) is 7.41. The summed E-state index contributed by atoms with van der Waals surface area (Å²) < 4.78 is 2.30. The zero-order chi connectivity index (χ0) is 16.0. The summed E-state index contributed by atoms with van der Waals surface area (Å²) in [5.74, 6) is -0.671. The zero-order valence-electron chi connectivity index (χ0n) is 11.4. The van der Waals surface area contributed by atoms with Crippen LogP contribution in [0.25, 0.3) is 16.7 Å². The Bertz CT molecular complexity index is 1060. The average molecular weight is 421 g/mol. The highest BCUT2D eigenvalue weighted by Gasteiger charge is 2.23. The molecule has 0 unspecified atom stereocenters. The van der Waals surface area contributed by atoms with Gasteiger partial charge in [0, 0.05) is 16.0 Å². The second-order valence-electron chi connectivity index (χ2n) is 4.63. The molecule has 0 saturated heterocycles. The van der Waals surface area contributed by atoms with Gasteiger partial charge in [0.05, 0.1) is 0 Å². The number of nitrogens with two attached hydrogens (primary N) is 1. The molecule has 0 atom stereocenters. The first-order valence-electron chi connectivity index (χ1n) is 6.46. The van der Waals surface area contributed by atoms with Crippen LogP contribution in [0.15, 0.2) is 36.7 Å². The molecule has 0 aliphatic heterocycles. The third-order valence-electron chi connectivity index (χ3n) is 3.16. The van der Waals surface area contributed by atoms with Crippen LogP contribution in [-0.4, -0.2) is 35.7 Å². The van der Waals surface area contributed by atoms with Crippen molar-refractivity contribution in [3.8, 4) is 0 Å². The van der Waals surface area contributed by atoms with Gasteiger partial charge in [-0.2, -0.15) is 0 Å². The van der Waals surface area contributed by atoms with Crippen LogP contribution in [-0.2, 0) is 0 Å². The van der Waals surface area contributed by atoms with Crippen molar-refractivity contribution in [2.75, 3.05) is 5.73 Å². The van der Waals surface area contributed by atoms with Crippen molar-refractivity contribution >= 4 is 51.1 Å². The monoisotopic (exact) mass is 421 g/mol. The van der Waals surface area contributed by atoms with Crippen molar-refractivity contribution in [2.45, 2.75) is 0 Å². The smallest absolute Gasteiger partial charge is 0.373 e. The van der Waals surface area contributed by atoms with Crippen LogP contribution in [0, 0.1) is 3.57 Å². The van der Waals surface area contributed by atoms with Gasteiger partial charge in [-0.3, -0.25) is 0 Å². The van der Waals surface area contributed by atoms with Gasteiger partial charge in [-0.25, -0.2) is 14.3 Å². The average Bonchev–Trinajstić information content (AvgIpc) is 3.07. The second-order valence-corrected chi connectivity index (χ2v) is 5.88. The molecule has 9 nitrogen and oxygen atoms in total. The topological polar surface area (TPSA) is 113 Å². The maximum atomic E-state index is 12.5. The molecule has 0 aliphatic carbocycles. The minimum Gasteiger partial charge on any atom is -0.381 e. The van der Waals surface area contributed by atoms with Gasteiger partial charge in [-0.15, -0.1) is 10.2 Å². The summed E-state index contributed by atoms with van der Waals surface area (Å²) in [5, 5.41) is 11.8. The van der Waals surface area contributed by atoms with E-state index in [-0.39, 0.29) is 11.4 Å². The first-order valence-corrected chi connectivity index (χ1v) is 7.54. The lowest BCUT2D eigenvalue weighted by Crippen LogP contribution is -2.22. The van der Waals surface area contributed by atoms with E-state index in [9.17, 15) is 4.79 Å². The molecule has 3 aromatic heterocycles. The highest BCUT2D eigenvalue weighted by atomic mass is 127. The van der Waals surface area contributed by atoms with Crippen LogP contribution in [0.4, 0.5) is 5.82 Å². The summed E-state index contributed by atoms with van der Waals surface area (Å²) in [6.45, 7) is 0. The van der Waals surface area contributed by atoms with Gasteiger partial charge in [-0.05, 0) is 39.9 Å². The van der Waals surface area contributed by atoms with Crippen molar-refractivity contribution in [3.05, 3.63) is 45.8 Å². The first kappa shape index (κ1) is 13.9. The molecule has 0 spiro atoms. The molecule has 10 heteroatoms. The molecule has 0 bridgehead atoms. The number of carbonyl (C=O) groups is 1. The fourth-order valence-electron chi connectivity index (χ4n) is 2.16. The number of nitrogens with zero attached hydrogens (tertiary/aromatic N) is 6. The van der Waals surface area contributed by atoms with Crippen molar-refractivity contribution in [3.63, 3.8) is 0 Å². The highest BCUT2D eigenvalue weighted by Crippen LogP contribution is 2.18. The molecule has 4 rings (SSSR count). The number of anilines is 1. The molecule has 0 radical (unpaired) electrons. The number of benzene rings is 1. The molecule has 0 saturated carbocycles. The Morgan fingerprint density at radius 3 is 3.00 bits per heavy atom. The van der Waals surface area contributed by atoms with Gasteiger partial charge < -0.3 is 10.6 Å². The second kappa shape index (κ2) is 5.15. The molecule has 114 valence electrons. The fourth-order valence-corrected chi connectivity index (χ4v) is 2.57. The highest BCUT2D eigenvalue weighted by molar-refractivity contribution is 14.1. The zero-order valence-corrected chi connectivity index (χ0v) is 13.6. The Balaban J connectivity index is 1.76. The number of halogens is 1. The number of rotatable bonds is 2. The standard InChI is InChI=1S/C13H8IN7O2/c14-7-5-16-12-10(11(15)18-20(12)6-7)13(22)23-21-9-4-2-1-3-8(9)17-19-21/h1-6H,(H2,15,18). The van der Waals surface area contributed by atoms with Gasteiger partial charge in [0.25, 0.3) is 0 Å². The summed E-state index contributed by atoms with van der Waals surface area (Å²) in [7, 11) is 0. The number of fused-ring (bicyclic) bond motifs is 2. The normalized spacial score (nSPS) is 11.2. The van der Waals surface area contributed by atoms with Crippen molar-refractivity contribution in [1.29, 1.82) is 0 Å². The van der Waals surface area contributed by atoms with Crippen molar-refractivity contribution in [2.24, 2.45) is 0 Å². The number of para-hydroxylation sites is 1. The van der Waals surface area contributed by atoms with Crippen LogP contribution in [0.5, 0.6) is 0 Å². The van der Waals surface area contributed by atoms with Crippen LogP contribution in [0.2, 0.25) is 0 Å². The van der Waals surface area contributed by atoms with E-state index in [4.69, 9.17) is 10.6 Å². The Morgan fingerprint density at radius 1 is 1.30 bits per heavy atom. The van der Waals surface area contributed by atoms with Crippen molar-refractivity contribution < 1.29 is 9.63 Å². The van der Waals surface area contributed by atoms with Crippen LogP contribution >= 0.6 is 22.6 Å². The quantitative estimate of drug-likeness (QED) is 0.379. The molecule has 0 aliphatic rings. The number of hydrogen-bond acceptors (Lipinski definition) is 7. The van der Waals surface area contributed by atoms with Gasteiger partial charge in [-0.1, -0.05) is 17.0 Å². The van der Waals surface area contributed by atoms with E-state index in [2.05, 4.69) is 43.0 Å². The maximum Gasteiger partial charge on any atom is 0.373 e. The number of aromatic nitrogens is 6. The third kappa shape index (κ3) is 2.27. The first-order chi connectivity index (χ1) is 11.1. The maximum absolute atomic E-state index is 12.5. The predicted octanol–water partition coefficient (Wildman–Crippen LogP) is 0.930. The number of carbonyl (C=O) groups excluding carboxylic acids is 1. The summed E-state index contributed by atoms with van der Waals surface area (Å²) >= 11 is 2.09. The number of nitrogen functional groups attached to an aromatic ring is 1. The molecule has 0 fully saturated rings. The van der Waals surface area contributed by atoms with Crippen molar-refractivity contribution in [1.82, 2.24) is 29.8 Å². The van der Waals surface area contributed by atoms with Crippen LogP contribution in [0.3, 0.4) is 0 Å². The Labute approximate surface area is 142 Å². The SMILES string of the molecule is Nc1nn2cc(I)cnc2c1C(=O)On1nnc2ccccc21. The Morgan fingerprint density at radius 2 is 2.13 bits per heavy atom. The molecular formula is C13H8IN7O2. The minimum atomic E-state index is -0.707.